The first-order valence-electron chi connectivity index (χ1n) is 7.90. The lowest BCUT2D eigenvalue weighted by Gasteiger charge is -2.32. The monoisotopic (exact) mass is 330 g/mol. The lowest BCUT2D eigenvalue weighted by molar-refractivity contribution is 0.0974. The van der Waals surface area contributed by atoms with Crippen molar-refractivity contribution in [3.8, 4) is 5.88 Å². The number of halogens is 1. The fourth-order valence-corrected chi connectivity index (χ4v) is 2.63. The molecule has 0 aliphatic carbocycles. The topological polar surface area (TPSA) is 67.4 Å². The van der Waals surface area contributed by atoms with Crippen molar-refractivity contribution in [1.82, 2.24) is 20.2 Å². The summed E-state index contributed by atoms with van der Waals surface area (Å²) < 4.78 is 18.7. The van der Waals surface area contributed by atoms with Crippen molar-refractivity contribution in [3.05, 3.63) is 54.2 Å². The molecular weight excluding hydrogens is 311 g/mol. The molecule has 0 saturated carbocycles. The normalized spacial score (nSPS) is 17.4. The van der Waals surface area contributed by atoms with E-state index in [4.69, 9.17) is 4.74 Å². The summed E-state index contributed by atoms with van der Waals surface area (Å²) in [4.78, 5) is 22.1. The summed E-state index contributed by atoms with van der Waals surface area (Å²) >= 11 is 0. The van der Waals surface area contributed by atoms with E-state index in [2.05, 4.69) is 15.3 Å². The molecule has 1 N–H and O–H groups in total. The molecule has 1 aromatic carbocycles. The number of carbonyl (C=O) groups is 1. The molecule has 126 valence electrons. The van der Waals surface area contributed by atoms with Crippen LogP contribution in [0.1, 0.15) is 18.4 Å². The number of aromatic nitrogens is 2. The smallest absolute Gasteiger partial charge is 0.317 e. The Morgan fingerprint density at radius 1 is 1.33 bits per heavy atom. The quantitative estimate of drug-likeness (QED) is 0.934. The van der Waals surface area contributed by atoms with Crippen molar-refractivity contribution < 1.29 is 13.9 Å². The van der Waals surface area contributed by atoms with E-state index in [1.165, 1.54) is 12.1 Å². The number of hydrogen-bond donors (Lipinski definition) is 1. The zero-order valence-corrected chi connectivity index (χ0v) is 13.2. The Balaban J connectivity index is 1.50. The Hall–Kier alpha value is -2.70. The van der Waals surface area contributed by atoms with Gasteiger partial charge in [-0.2, -0.15) is 0 Å². The van der Waals surface area contributed by atoms with Gasteiger partial charge in [0.25, 0.3) is 0 Å². The standard InChI is InChI=1S/C17H19FN4O2/c18-14-5-3-13(4-6-14)10-21-17(23)22-9-1-2-15(12-22)24-16-11-19-7-8-20-16/h3-8,11,15H,1-2,9-10,12H2,(H,21,23)/t15-/m0/s1. The van der Waals surface area contributed by atoms with E-state index in [0.717, 1.165) is 18.4 Å². The first-order chi connectivity index (χ1) is 11.7. The number of rotatable bonds is 4. The number of benzene rings is 1. The van der Waals surface area contributed by atoms with Crippen LogP contribution in [0.5, 0.6) is 5.88 Å². The molecule has 6 nitrogen and oxygen atoms in total. The molecule has 0 bridgehead atoms. The third-order valence-electron chi connectivity index (χ3n) is 3.85. The maximum absolute atomic E-state index is 12.9. The van der Waals surface area contributed by atoms with Crippen LogP contribution in [0.15, 0.2) is 42.9 Å². The van der Waals surface area contributed by atoms with E-state index < -0.39 is 0 Å². The largest absolute Gasteiger partial charge is 0.471 e. The Morgan fingerprint density at radius 2 is 2.17 bits per heavy atom. The van der Waals surface area contributed by atoms with Crippen molar-refractivity contribution >= 4 is 6.03 Å². The van der Waals surface area contributed by atoms with Crippen molar-refractivity contribution in [2.45, 2.75) is 25.5 Å². The summed E-state index contributed by atoms with van der Waals surface area (Å²) in [5.74, 6) is 0.182. The molecule has 2 heterocycles. The van der Waals surface area contributed by atoms with E-state index in [0.29, 0.717) is 25.5 Å². The molecule has 1 aromatic heterocycles. The van der Waals surface area contributed by atoms with Crippen LogP contribution in [0, 0.1) is 5.82 Å². The first-order valence-corrected chi connectivity index (χ1v) is 7.90. The van der Waals surface area contributed by atoms with Crippen LogP contribution in [0.3, 0.4) is 0 Å². The predicted octanol–water partition coefficient (Wildman–Crippen LogP) is 2.37. The Morgan fingerprint density at radius 3 is 2.92 bits per heavy atom. The number of nitrogens with zero attached hydrogens (tertiary/aromatic N) is 3. The lowest BCUT2D eigenvalue weighted by atomic mass is 10.1. The minimum absolute atomic E-state index is 0.0907. The van der Waals surface area contributed by atoms with Crippen LogP contribution in [0.2, 0.25) is 0 Å². The van der Waals surface area contributed by atoms with Gasteiger partial charge in [0.1, 0.15) is 11.9 Å². The van der Waals surface area contributed by atoms with E-state index in [-0.39, 0.29) is 18.0 Å². The van der Waals surface area contributed by atoms with Gasteiger partial charge >= 0.3 is 6.03 Å². The van der Waals surface area contributed by atoms with Crippen molar-refractivity contribution in [2.75, 3.05) is 13.1 Å². The molecule has 1 atom stereocenters. The second-order valence-electron chi connectivity index (χ2n) is 5.66. The first kappa shape index (κ1) is 16.2. The fourth-order valence-electron chi connectivity index (χ4n) is 2.63. The number of ether oxygens (including phenoxy) is 1. The second kappa shape index (κ2) is 7.72. The Kier molecular flexibility index (Phi) is 5.20. The zero-order chi connectivity index (χ0) is 16.8. The predicted molar refractivity (Wildman–Crippen MR) is 85.9 cm³/mol. The fraction of sp³-hybridized carbons (Fsp3) is 0.353. The average Bonchev–Trinajstić information content (AvgIpc) is 2.62. The van der Waals surface area contributed by atoms with Crippen LogP contribution in [-0.4, -0.2) is 40.1 Å². The molecule has 2 aromatic rings. The molecular formula is C17H19FN4O2. The molecule has 7 heteroatoms. The minimum Gasteiger partial charge on any atom is -0.471 e. The zero-order valence-electron chi connectivity index (χ0n) is 13.2. The van der Waals surface area contributed by atoms with Crippen LogP contribution in [0.4, 0.5) is 9.18 Å². The molecule has 1 aliphatic heterocycles. The van der Waals surface area contributed by atoms with Gasteiger partial charge in [-0.05, 0) is 30.5 Å². The second-order valence-corrected chi connectivity index (χ2v) is 5.66. The average molecular weight is 330 g/mol. The SMILES string of the molecule is O=C(NCc1ccc(F)cc1)N1CCC[C@H](Oc2cnccn2)C1. The molecule has 1 aliphatic rings. The summed E-state index contributed by atoms with van der Waals surface area (Å²) in [6.07, 6.45) is 6.38. The third kappa shape index (κ3) is 4.41. The summed E-state index contributed by atoms with van der Waals surface area (Å²) in [5.41, 5.74) is 0.856. The van der Waals surface area contributed by atoms with Gasteiger partial charge in [0.2, 0.25) is 5.88 Å². The molecule has 0 radical (unpaired) electrons. The molecule has 1 saturated heterocycles. The van der Waals surface area contributed by atoms with Crippen LogP contribution in [-0.2, 0) is 6.54 Å². The van der Waals surface area contributed by atoms with Gasteiger partial charge in [-0.15, -0.1) is 0 Å². The number of hydrogen-bond acceptors (Lipinski definition) is 4. The summed E-state index contributed by atoms with van der Waals surface area (Å²) in [6.45, 7) is 1.56. The van der Waals surface area contributed by atoms with Gasteiger partial charge in [-0.25, -0.2) is 14.2 Å². The third-order valence-corrected chi connectivity index (χ3v) is 3.85. The summed E-state index contributed by atoms with van der Waals surface area (Å²) in [5, 5.41) is 2.85. The van der Waals surface area contributed by atoms with Gasteiger partial charge in [-0.1, -0.05) is 12.1 Å². The minimum atomic E-state index is -0.287. The number of urea groups is 1. The van der Waals surface area contributed by atoms with E-state index >= 15 is 0 Å². The summed E-state index contributed by atoms with van der Waals surface area (Å²) in [6, 6.07) is 5.93. The highest BCUT2D eigenvalue weighted by Gasteiger charge is 2.25. The van der Waals surface area contributed by atoms with Gasteiger partial charge in [0, 0.05) is 25.5 Å². The van der Waals surface area contributed by atoms with Crippen molar-refractivity contribution in [2.24, 2.45) is 0 Å². The number of likely N-dealkylation sites (tertiary alicyclic amines) is 1. The number of amides is 2. The molecule has 0 spiro atoms. The molecule has 0 unspecified atom stereocenters. The number of carbonyl (C=O) groups excluding carboxylic acids is 1. The maximum atomic E-state index is 12.9. The highest BCUT2D eigenvalue weighted by Crippen LogP contribution is 2.16. The highest BCUT2D eigenvalue weighted by atomic mass is 19.1. The Labute approximate surface area is 139 Å². The van der Waals surface area contributed by atoms with E-state index in [9.17, 15) is 9.18 Å². The number of piperidine rings is 1. The Bertz CT molecular complexity index is 666. The number of nitrogens with one attached hydrogen (secondary N) is 1. The van der Waals surface area contributed by atoms with Crippen molar-refractivity contribution in [1.29, 1.82) is 0 Å². The van der Waals surface area contributed by atoms with Gasteiger partial charge < -0.3 is 15.0 Å². The molecule has 2 amide bonds. The summed E-state index contributed by atoms with van der Waals surface area (Å²) in [7, 11) is 0. The lowest BCUT2D eigenvalue weighted by Crippen LogP contribution is -2.48. The van der Waals surface area contributed by atoms with E-state index in [1.54, 1.807) is 35.6 Å². The van der Waals surface area contributed by atoms with Crippen LogP contribution < -0.4 is 10.1 Å². The van der Waals surface area contributed by atoms with Crippen LogP contribution in [0.25, 0.3) is 0 Å². The maximum Gasteiger partial charge on any atom is 0.317 e. The molecule has 3 rings (SSSR count). The van der Waals surface area contributed by atoms with Gasteiger partial charge in [0.05, 0.1) is 12.7 Å². The molecule has 24 heavy (non-hydrogen) atoms. The van der Waals surface area contributed by atoms with Crippen molar-refractivity contribution in [3.63, 3.8) is 0 Å². The van der Waals surface area contributed by atoms with Gasteiger partial charge in [0.15, 0.2) is 0 Å². The molecule has 1 fully saturated rings. The van der Waals surface area contributed by atoms with Gasteiger partial charge in [-0.3, -0.25) is 4.98 Å². The highest BCUT2D eigenvalue weighted by molar-refractivity contribution is 5.74. The van der Waals surface area contributed by atoms with E-state index in [1.807, 2.05) is 0 Å². The van der Waals surface area contributed by atoms with Crippen LogP contribution >= 0.6 is 0 Å².